The zero-order valence-corrected chi connectivity index (χ0v) is 25.7. The Morgan fingerprint density at radius 2 is 1.46 bits per heavy atom. The number of nitrogens with zero attached hydrogens (tertiary/aromatic N) is 1. The minimum atomic E-state index is -4.89. The molecule has 6 rings (SSSR count). The van der Waals surface area contributed by atoms with E-state index < -0.39 is 36.0 Å². The van der Waals surface area contributed by atoms with Crippen LogP contribution in [0, 0.1) is 12.8 Å². The van der Waals surface area contributed by atoms with Crippen LogP contribution in [-0.4, -0.2) is 32.0 Å². The van der Waals surface area contributed by atoms with Crippen molar-refractivity contribution < 1.29 is 30.7 Å². The van der Waals surface area contributed by atoms with Gasteiger partial charge in [-0.3, -0.25) is 14.1 Å². The van der Waals surface area contributed by atoms with Crippen molar-refractivity contribution in [2.24, 2.45) is 10.9 Å². The van der Waals surface area contributed by atoms with Gasteiger partial charge < -0.3 is 4.74 Å². The second-order valence-electron chi connectivity index (χ2n) is 12.7. The molecule has 0 spiro atoms. The lowest BCUT2D eigenvalue weighted by Gasteiger charge is -2.30. The van der Waals surface area contributed by atoms with E-state index in [1.165, 1.54) is 0 Å². The van der Waals surface area contributed by atoms with Crippen LogP contribution < -0.4 is 15.3 Å². The highest BCUT2D eigenvalue weighted by atomic mass is 32.2. The Balaban J connectivity index is 1.90. The average molecular weight is 596 g/mol. The van der Waals surface area contributed by atoms with Crippen molar-refractivity contribution in [3.63, 3.8) is 0 Å². The second kappa shape index (κ2) is 8.50. The highest BCUT2D eigenvalue weighted by Crippen LogP contribution is 2.52. The smallest absolute Gasteiger partial charge is 0.300 e. The summed E-state index contributed by atoms with van der Waals surface area (Å²) < 4.78 is 79.6. The van der Waals surface area contributed by atoms with E-state index in [0.29, 0.717) is 39.5 Å². The van der Waals surface area contributed by atoms with Crippen LogP contribution in [0.1, 0.15) is 74.9 Å². The first kappa shape index (κ1) is 28.1. The molecule has 0 radical (unpaired) electrons. The number of rotatable bonds is 3. The van der Waals surface area contributed by atoms with Gasteiger partial charge in [0, 0.05) is 21.8 Å². The molecule has 2 aliphatic heterocycles. The quantitative estimate of drug-likeness (QED) is 0.331. The minimum absolute atomic E-state index is 0.0605. The SMILES string of the molecule is Cc1ccc(C2=c3cc4c(c(S(=O)(=O)O)c3Oc3c2cc2c(c3S(=O)(=O)O)CC(C)C2(C)C)=NC(C)C4(C)C)cc1. The van der Waals surface area contributed by atoms with Crippen LogP contribution in [0.4, 0.5) is 0 Å². The third-order valence-corrected chi connectivity index (χ3v) is 11.5. The van der Waals surface area contributed by atoms with Crippen LogP contribution >= 0.6 is 0 Å². The van der Waals surface area contributed by atoms with Crippen molar-refractivity contribution in [2.75, 3.05) is 0 Å². The molecule has 216 valence electrons. The van der Waals surface area contributed by atoms with E-state index in [-0.39, 0.29) is 33.7 Å². The van der Waals surface area contributed by atoms with Crippen LogP contribution in [0.2, 0.25) is 0 Å². The van der Waals surface area contributed by atoms with Crippen molar-refractivity contribution in [1.29, 1.82) is 0 Å². The van der Waals surface area contributed by atoms with Gasteiger partial charge >= 0.3 is 0 Å². The van der Waals surface area contributed by atoms with E-state index in [2.05, 4.69) is 4.99 Å². The van der Waals surface area contributed by atoms with Gasteiger partial charge in [-0.05, 0) is 66.0 Å². The molecule has 0 bridgehead atoms. The summed E-state index contributed by atoms with van der Waals surface area (Å²) in [6.45, 7) is 13.9. The van der Waals surface area contributed by atoms with Crippen LogP contribution in [0.5, 0.6) is 11.5 Å². The summed E-state index contributed by atoms with van der Waals surface area (Å²) in [5, 5.41) is 0.495. The standard InChI is InChI=1S/C31H33NO7S2/c1-15-8-10-18(11-9-15)24-20-13-22-19(12-16(2)30(22,4)5)28(40(33,34)35)26(20)39-27-21(24)14-23-25(29(27)41(36,37)38)32-17(3)31(23,6)7/h8-11,13-14,16-17H,12H2,1-7H3,(H,33,34,35)(H,36,37,38). The average Bonchev–Trinajstić information content (AvgIpc) is 3.20. The summed E-state index contributed by atoms with van der Waals surface area (Å²) in [6, 6.07) is 11.1. The van der Waals surface area contributed by atoms with E-state index in [4.69, 9.17) is 4.74 Å². The Morgan fingerprint density at radius 3 is 2.05 bits per heavy atom. The molecule has 3 aromatic carbocycles. The van der Waals surface area contributed by atoms with E-state index in [1.54, 1.807) is 0 Å². The Morgan fingerprint density at radius 1 is 0.854 bits per heavy atom. The lowest BCUT2D eigenvalue weighted by Crippen LogP contribution is -2.33. The maximum absolute atomic E-state index is 13.1. The molecule has 8 nitrogen and oxygen atoms in total. The number of aryl methyl sites for hydroxylation is 1. The summed E-state index contributed by atoms with van der Waals surface area (Å²) >= 11 is 0. The van der Waals surface area contributed by atoms with Crippen molar-refractivity contribution in [1.82, 2.24) is 0 Å². The lowest BCUT2D eigenvalue weighted by molar-refractivity contribution is 0.379. The number of fused-ring (bicyclic) bond motifs is 4. The monoisotopic (exact) mass is 595 g/mol. The Bertz CT molecular complexity index is 2030. The van der Waals surface area contributed by atoms with Gasteiger partial charge in [0.05, 0.1) is 11.4 Å². The zero-order valence-electron chi connectivity index (χ0n) is 24.0. The first-order valence-corrected chi connectivity index (χ1v) is 16.4. The Hall–Kier alpha value is -3.05. The molecule has 0 amide bonds. The molecule has 0 fully saturated rings. The minimum Gasteiger partial charge on any atom is -0.453 e. The first-order valence-electron chi connectivity index (χ1n) is 13.6. The maximum atomic E-state index is 13.1. The normalized spacial score (nSPS) is 21.8. The molecule has 2 heterocycles. The fraction of sp³-hybridized carbons (Fsp3) is 0.387. The van der Waals surface area contributed by atoms with Crippen molar-refractivity contribution in [3.8, 4) is 11.5 Å². The van der Waals surface area contributed by atoms with Crippen LogP contribution in [0.3, 0.4) is 0 Å². The maximum Gasteiger partial charge on any atom is 0.300 e. The van der Waals surface area contributed by atoms with Crippen LogP contribution in [0.25, 0.3) is 5.57 Å². The molecule has 2 unspecified atom stereocenters. The van der Waals surface area contributed by atoms with E-state index >= 15 is 0 Å². The summed E-state index contributed by atoms with van der Waals surface area (Å²) in [4.78, 5) is 3.73. The van der Waals surface area contributed by atoms with Gasteiger partial charge in [-0.1, -0.05) is 64.4 Å². The molecule has 0 aromatic heterocycles. The third kappa shape index (κ3) is 3.95. The van der Waals surface area contributed by atoms with Crippen molar-refractivity contribution >= 4 is 25.8 Å². The number of hydrogen-bond acceptors (Lipinski definition) is 6. The van der Waals surface area contributed by atoms with Crippen molar-refractivity contribution in [3.05, 3.63) is 80.4 Å². The Kier molecular flexibility index (Phi) is 5.82. The highest BCUT2D eigenvalue weighted by Gasteiger charge is 2.45. The fourth-order valence-corrected chi connectivity index (χ4v) is 8.16. The predicted molar refractivity (Wildman–Crippen MR) is 155 cm³/mol. The van der Waals surface area contributed by atoms with Gasteiger partial charge in [0.15, 0.2) is 16.4 Å². The van der Waals surface area contributed by atoms with Gasteiger partial charge in [0.25, 0.3) is 20.2 Å². The second-order valence-corrected chi connectivity index (χ2v) is 15.5. The zero-order chi connectivity index (χ0) is 30.0. The third-order valence-electron chi connectivity index (χ3n) is 9.65. The molecule has 1 aliphatic carbocycles. The summed E-state index contributed by atoms with van der Waals surface area (Å²) in [7, 11) is -9.71. The number of hydrogen-bond donors (Lipinski definition) is 2. The van der Waals surface area contributed by atoms with Gasteiger partial charge in [0.1, 0.15) is 4.90 Å². The molecule has 3 aliphatic rings. The first-order chi connectivity index (χ1) is 18.8. The van der Waals surface area contributed by atoms with Gasteiger partial charge in [-0.15, -0.1) is 0 Å². The number of benzene rings is 3. The van der Waals surface area contributed by atoms with Gasteiger partial charge in [-0.25, -0.2) is 0 Å². The lowest BCUT2D eigenvalue weighted by atomic mass is 9.78. The van der Waals surface area contributed by atoms with Gasteiger partial charge in [0.2, 0.25) is 0 Å². The fourth-order valence-electron chi connectivity index (χ4n) is 6.48. The molecule has 0 saturated carbocycles. The summed E-state index contributed by atoms with van der Waals surface area (Å²) in [5.41, 5.74) is 3.59. The topological polar surface area (TPSA) is 130 Å². The number of ether oxygens (including phenoxy) is 1. The molecular formula is C31H33NO7S2. The summed E-state index contributed by atoms with van der Waals surface area (Å²) in [6.07, 6.45) is 0.386. The molecule has 10 heteroatoms. The summed E-state index contributed by atoms with van der Waals surface area (Å²) in [5.74, 6) is -0.308. The molecule has 2 N–H and O–H groups in total. The van der Waals surface area contributed by atoms with Crippen LogP contribution in [-0.2, 0) is 37.5 Å². The molecule has 41 heavy (non-hydrogen) atoms. The Labute approximate surface area is 240 Å². The van der Waals surface area contributed by atoms with Crippen molar-refractivity contribution in [2.45, 2.75) is 81.5 Å². The highest BCUT2D eigenvalue weighted by molar-refractivity contribution is 7.86. The van der Waals surface area contributed by atoms with Gasteiger partial charge in [-0.2, -0.15) is 16.8 Å². The molecular weight excluding hydrogens is 562 g/mol. The molecule has 0 saturated heterocycles. The predicted octanol–water partition coefficient (Wildman–Crippen LogP) is 4.61. The van der Waals surface area contributed by atoms with Crippen LogP contribution in [0.15, 0.2) is 51.2 Å². The van der Waals surface area contributed by atoms with E-state index in [1.807, 2.05) is 84.9 Å². The molecule has 3 aromatic rings. The van der Waals surface area contributed by atoms with E-state index in [9.17, 15) is 25.9 Å². The van der Waals surface area contributed by atoms with E-state index in [0.717, 1.165) is 11.1 Å². The molecule has 2 atom stereocenters. The largest absolute Gasteiger partial charge is 0.453 e.